The summed E-state index contributed by atoms with van der Waals surface area (Å²) in [6.45, 7) is 2.73. The molecule has 1 atom stereocenters. The standard InChI is InChI=1S/C17H21NO.ClH/c1-2-8-16(18)15-11-6-7-12-17(15)19-13-14-9-4-3-5-10-14;/h3-7,9-12,16H,2,8,13,18H2,1H3;1H/t16-;/m0./s1. The van der Waals surface area contributed by atoms with Crippen molar-refractivity contribution < 1.29 is 4.74 Å². The molecule has 2 rings (SSSR count). The number of nitrogens with two attached hydrogens (primary N) is 1. The van der Waals surface area contributed by atoms with E-state index in [1.54, 1.807) is 0 Å². The summed E-state index contributed by atoms with van der Waals surface area (Å²) in [5.41, 5.74) is 8.46. The van der Waals surface area contributed by atoms with E-state index in [0.717, 1.165) is 24.2 Å². The Morgan fingerprint density at radius 2 is 1.65 bits per heavy atom. The van der Waals surface area contributed by atoms with E-state index in [1.807, 2.05) is 36.4 Å². The smallest absolute Gasteiger partial charge is 0.124 e. The first-order valence-corrected chi connectivity index (χ1v) is 6.82. The predicted octanol–water partition coefficient (Wildman–Crippen LogP) is 4.49. The predicted molar refractivity (Wildman–Crippen MR) is 86.3 cm³/mol. The fraction of sp³-hybridized carbons (Fsp3) is 0.294. The number of hydrogen-bond acceptors (Lipinski definition) is 2. The van der Waals surface area contributed by atoms with Crippen molar-refractivity contribution in [1.82, 2.24) is 0 Å². The maximum absolute atomic E-state index is 6.20. The van der Waals surface area contributed by atoms with Crippen LogP contribution in [-0.4, -0.2) is 0 Å². The van der Waals surface area contributed by atoms with E-state index in [1.165, 1.54) is 5.56 Å². The summed E-state index contributed by atoms with van der Waals surface area (Å²) in [6, 6.07) is 18.3. The van der Waals surface area contributed by atoms with Crippen LogP contribution >= 0.6 is 12.4 Å². The van der Waals surface area contributed by atoms with Gasteiger partial charge in [0, 0.05) is 11.6 Å². The molecule has 2 aromatic carbocycles. The summed E-state index contributed by atoms with van der Waals surface area (Å²) < 4.78 is 5.91. The molecule has 0 aromatic heterocycles. The molecule has 108 valence electrons. The van der Waals surface area contributed by atoms with Crippen molar-refractivity contribution in [3.05, 3.63) is 65.7 Å². The summed E-state index contributed by atoms with van der Waals surface area (Å²) >= 11 is 0. The van der Waals surface area contributed by atoms with Crippen LogP contribution in [0.2, 0.25) is 0 Å². The zero-order chi connectivity index (χ0) is 13.5. The first kappa shape index (κ1) is 16.5. The summed E-state index contributed by atoms with van der Waals surface area (Å²) in [4.78, 5) is 0. The first-order chi connectivity index (χ1) is 9.31. The minimum atomic E-state index is 0. The van der Waals surface area contributed by atoms with Gasteiger partial charge in [-0.1, -0.05) is 61.9 Å². The van der Waals surface area contributed by atoms with Gasteiger partial charge in [-0.05, 0) is 18.1 Å². The molecule has 2 aromatic rings. The summed E-state index contributed by atoms with van der Waals surface area (Å²) in [5.74, 6) is 0.896. The van der Waals surface area contributed by atoms with Gasteiger partial charge in [-0.3, -0.25) is 0 Å². The van der Waals surface area contributed by atoms with Crippen LogP contribution in [0.1, 0.15) is 36.9 Å². The molecule has 0 unspecified atom stereocenters. The highest BCUT2D eigenvalue weighted by molar-refractivity contribution is 5.85. The lowest BCUT2D eigenvalue weighted by molar-refractivity contribution is 0.300. The van der Waals surface area contributed by atoms with E-state index >= 15 is 0 Å². The molecular weight excluding hydrogens is 270 g/mol. The molecule has 0 heterocycles. The van der Waals surface area contributed by atoms with Crippen LogP contribution in [0.5, 0.6) is 5.75 Å². The van der Waals surface area contributed by atoms with Gasteiger partial charge in [-0.2, -0.15) is 0 Å². The van der Waals surface area contributed by atoms with Crippen LogP contribution in [0.25, 0.3) is 0 Å². The second kappa shape index (κ2) is 8.62. The maximum Gasteiger partial charge on any atom is 0.124 e. The molecule has 0 bridgehead atoms. The molecule has 0 spiro atoms. The van der Waals surface area contributed by atoms with Crippen molar-refractivity contribution >= 4 is 12.4 Å². The third kappa shape index (κ3) is 4.55. The molecule has 3 heteroatoms. The molecule has 0 saturated heterocycles. The molecule has 20 heavy (non-hydrogen) atoms. The van der Waals surface area contributed by atoms with Crippen LogP contribution < -0.4 is 10.5 Å². The Morgan fingerprint density at radius 3 is 2.35 bits per heavy atom. The Balaban J connectivity index is 0.00000200. The molecule has 0 saturated carbocycles. The van der Waals surface area contributed by atoms with E-state index in [9.17, 15) is 0 Å². The zero-order valence-electron chi connectivity index (χ0n) is 11.8. The Bertz CT molecular complexity index is 501. The van der Waals surface area contributed by atoms with E-state index in [4.69, 9.17) is 10.5 Å². The fourth-order valence-electron chi connectivity index (χ4n) is 2.12. The fourth-order valence-corrected chi connectivity index (χ4v) is 2.12. The van der Waals surface area contributed by atoms with Gasteiger partial charge < -0.3 is 10.5 Å². The van der Waals surface area contributed by atoms with Gasteiger partial charge in [0.2, 0.25) is 0 Å². The number of halogens is 1. The van der Waals surface area contributed by atoms with Crippen LogP contribution in [0.4, 0.5) is 0 Å². The topological polar surface area (TPSA) is 35.2 Å². The Kier molecular flexibility index (Phi) is 7.13. The van der Waals surface area contributed by atoms with Crippen molar-refractivity contribution in [2.45, 2.75) is 32.4 Å². The minimum Gasteiger partial charge on any atom is -0.489 e. The van der Waals surface area contributed by atoms with Gasteiger partial charge in [0.1, 0.15) is 12.4 Å². The van der Waals surface area contributed by atoms with Crippen molar-refractivity contribution in [2.24, 2.45) is 5.73 Å². The highest BCUT2D eigenvalue weighted by atomic mass is 35.5. The van der Waals surface area contributed by atoms with Crippen LogP contribution in [0, 0.1) is 0 Å². The van der Waals surface area contributed by atoms with Gasteiger partial charge in [0.05, 0.1) is 0 Å². The van der Waals surface area contributed by atoms with E-state index in [-0.39, 0.29) is 18.4 Å². The van der Waals surface area contributed by atoms with E-state index < -0.39 is 0 Å². The second-order valence-electron chi connectivity index (χ2n) is 4.71. The van der Waals surface area contributed by atoms with Gasteiger partial charge in [-0.15, -0.1) is 12.4 Å². The quantitative estimate of drug-likeness (QED) is 0.851. The summed E-state index contributed by atoms with van der Waals surface area (Å²) in [7, 11) is 0. The lowest BCUT2D eigenvalue weighted by atomic mass is 10.0. The van der Waals surface area contributed by atoms with Crippen molar-refractivity contribution in [3.8, 4) is 5.75 Å². The third-order valence-corrected chi connectivity index (χ3v) is 3.16. The van der Waals surface area contributed by atoms with Crippen LogP contribution in [0.15, 0.2) is 54.6 Å². The second-order valence-corrected chi connectivity index (χ2v) is 4.71. The molecule has 0 aliphatic heterocycles. The molecule has 0 radical (unpaired) electrons. The molecule has 0 fully saturated rings. The van der Waals surface area contributed by atoms with Gasteiger partial charge >= 0.3 is 0 Å². The summed E-state index contributed by atoms with van der Waals surface area (Å²) in [5, 5.41) is 0. The highest BCUT2D eigenvalue weighted by Gasteiger charge is 2.10. The van der Waals surface area contributed by atoms with Crippen LogP contribution in [0.3, 0.4) is 0 Å². The van der Waals surface area contributed by atoms with E-state index in [0.29, 0.717) is 6.61 Å². The van der Waals surface area contributed by atoms with Crippen molar-refractivity contribution in [1.29, 1.82) is 0 Å². The average molecular weight is 292 g/mol. The summed E-state index contributed by atoms with van der Waals surface area (Å²) in [6.07, 6.45) is 2.06. The van der Waals surface area contributed by atoms with Gasteiger partial charge in [0.15, 0.2) is 0 Å². The van der Waals surface area contributed by atoms with Gasteiger partial charge in [-0.25, -0.2) is 0 Å². The maximum atomic E-state index is 6.20. The first-order valence-electron chi connectivity index (χ1n) is 6.82. The molecule has 0 aliphatic carbocycles. The molecule has 2 nitrogen and oxygen atoms in total. The third-order valence-electron chi connectivity index (χ3n) is 3.16. The number of para-hydroxylation sites is 1. The normalized spacial score (nSPS) is 11.5. The number of rotatable bonds is 6. The number of ether oxygens (including phenoxy) is 1. The Morgan fingerprint density at radius 1 is 1.00 bits per heavy atom. The molecule has 0 amide bonds. The number of hydrogen-bond donors (Lipinski definition) is 1. The lowest BCUT2D eigenvalue weighted by Gasteiger charge is -2.16. The Hall–Kier alpha value is -1.51. The van der Waals surface area contributed by atoms with Crippen molar-refractivity contribution in [2.75, 3.05) is 0 Å². The highest BCUT2D eigenvalue weighted by Crippen LogP contribution is 2.26. The van der Waals surface area contributed by atoms with E-state index in [2.05, 4.69) is 25.1 Å². The van der Waals surface area contributed by atoms with Crippen LogP contribution in [-0.2, 0) is 6.61 Å². The lowest BCUT2D eigenvalue weighted by Crippen LogP contribution is -2.11. The molecule has 2 N–H and O–H groups in total. The largest absolute Gasteiger partial charge is 0.489 e. The molecule has 0 aliphatic rings. The molecular formula is C17H22ClNO. The minimum absolute atomic E-state index is 0. The monoisotopic (exact) mass is 291 g/mol. The zero-order valence-corrected chi connectivity index (χ0v) is 12.6. The van der Waals surface area contributed by atoms with Gasteiger partial charge in [0.25, 0.3) is 0 Å². The van der Waals surface area contributed by atoms with Crippen molar-refractivity contribution in [3.63, 3.8) is 0 Å². The average Bonchev–Trinajstić information content (AvgIpc) is 2.47. The Labute approximate surface area is 127 Å². The SMILES string of the molecule is CCC[C@H](N)c1ccccc1OCc1ccccc1.Cl. The number of benzene rings is 2.